The number of fused-ring (bicyclic) bond motifs is 1. The van der Waals surface area contributed by atoms with Crippen LogP contribution in [0.5, 0.6) is 0 Å². The summed E-state index contributed by atoms with van der Waals surface area (Å²) in [6.45, 7) is 1.22. The Morgan fingerprint density at radius 3 is 2.26 bits per heavy atom. The normalized spacial score (nSPS) is 18.5. The van der Waals surface area contributed by atoms with E-state index in [1.54, 1.807) is 0 Å². The summed E-state index contributed by atoms with van der Waals surface area (Å²) in [5, 5.41) is 2.32. The highest BCUT2D eigenvalue weighted by molar-refractivity contribution is 8.00. The molecule has 2 aliphatic rings. The Balaban J connectivity index is 1.44. The molecule has 1 saturated heterocycles. The van der Waals surface area contributed by atoms with Gasteiger partial charge in [0.2, 0.25) is 12.2 Å². The number of methoxy groups -OCH3 is 1. The van der Waals surface area contributed by atoms with Gasteiger partial charge < -0.3 is 25.3 Å². The maximum absolute atomic E-state index is 14.0. The number of nitrogens with two attached hydrogens (primary N) is 1. The first-order chi connectivity index (χ1) is 20.7. The van der Waals surface area contributed by atoms with Gasteiger partial charge >= 0.3 is 11.9 Å². The van der Waals surface area contributed by atoms with Gasteiger partial charge in [-0.3, -0.25) is 19.3 Å². The van der Waals surface area contributed by atoms with Crippen LogP contribution in [0.4, 0.5) is 5.13 Å². The largest absolute Gasteiger partial charge is 0.448 e. The van der Waals surface area contributed by atoms with E-state index in [1.165, 1.54) is 30.7 Å². The Morgan fingerprint density at radius 1 is 1.09 bits per heavy atom. The number of carbonyl (C=O) groups excluding carboxylic acids is 4. The summed E-state index contributed by atoms with van der Waals surface area (Å²) in [6.07, 6.45) is -2.20. The first-order valence-corrected chi connectivity index (χ1v) is 15.3. The third kappa shape index (κ3) is 6.54. The van der Waals surface area contributed by atoms with Crippen LogP contribution in [0.1, 0.15) is 29.8 Å². The molecule has 14 heteroatoms. The topological polar surface area (TPSA) is 150 Å². The van der Waals surface area contributed by atoms with E-state index in [2.05, 4.69) is 10.3 Å². The van der Waals surface area contributed by atoms with Gasteiger partial charge in [-0.25, -0.2) is 9.78 Å². The molecule has 3 atom stereocenters. The second-order valence-electron chi connectivity index (χ2n) is 9.56. The van der Waals surface area contributed by atoms with Gasteiger partial charge in [0.25, 0.3) is 5.91 Å². The van der Waals surface area contributed by atoms with Crippen LogP contribution in [0, 0.1) is 0 Å². The van der Waals surface area contributed by atoms with Crippen molar-refractivity contribution in [2.45, 2.75) is 37.2 Å². The standard InChI is InChI=1S/C29H27ClN4O7S2/c1-15(35)40-28(39-2)18-14-42-26-21(33-20(36)13-19-24(30)43-29(31)32-19)25(37)34(26)22(18)27(38)41-23(16-9-5-3-6-10-16)17-11-7-4-8-12-17/h3-12,21,23,26,28H,13-14H2,1-2H3,(H2,31,32)(H,33,36)/t21-,26+,28?/m0/s1. The number of carbonyl (C=O) groups is 4. The number of esters is 2. The molecule has 224 valence electrons. The number of nitrogens with zero attached hydrogens (tertiary/aromatic N) is 2. The van der Waals surface area contributed by atoms with Crippen LogP contribution in [0.2, 0.25) is 4.34 Å². The summed E-state index contributed by atoms with van der Waals surface area (Å²) in [6, 6.07) is 17.4. The van der Waals surface area contributed by atoms with Gasteiger partial charge in [-0.05, 0) is 11.1 Å². The summed E-state index contributed by atoms with van der Waals surface area (Å²) in [5.74, 6) is -2.30. The van der Waals surface area contributed by atoms with E-state index in [1.807, 2.05) is 60.7 Å². The number of nitrogen functional groups attached to an aromatic ring is 1. The number of amides is 2. The molecule has 0 saturated carbocycles. The van der Waals surface area contributed by atoms with Crippen molar-refractivity contribution in [1.82, 2.24) is 15.2 Å². The zero-order valence-corrected chi connectivity index (χ0v) is 25.4. The maximum Gasteiger partial charge on any atom is 0.356 e. The number of hydrogen-bond donors (Lipinski definition) is 2. The molecule has 2 aromatic carbocycles. The predicted octanol–water partition coefficient (Wildman–Crippen LogP) is 3.44. The zero-order chi connectivity index (χ0) is 30.7. The molecule has 1 fully saturated rings. The quantitative estimate of drug-likeness (QED) is 0.191. The Morgan fingerprint density at radius 2 is 1.72 bits per heavy atom. The lowest BCUT2D eigenvalue weighted by Crippen LogP contribution is -2.71. The van der Waals surface area contributed by atoms with Gasteiger partial charge in [0.15, 0.2) is 11.2 Å². The maximum atomic E-state index is 14.0. The fraction of sp³-hybridized carbons (Fsp3) is 0.276. The average molecular weight is 643 g/mol. The van der Waals surface area contributed by atoms with Gasteiger partial charge in [0, 0.05) is 25.4 Å². The lowest BCUT2D eigenvalue weighted by atomic mass is 10.0. The second kappa shape index (κ2) is 13.2. The van der Waals surface area contributed by atoms with Gasteiger partial charge in [-0.1, -0.05) is 83.6 Å². The van der Waals surface area contributed by atoms with Crippen molar-refractivity contribution in [3.63, 3.8) is 0 Å². The predicted molar refractivity (Wildman–Crippen MR) is 161 cm³/mol. The number of nitrogens with one attached hydrogen (secondary N) is 1. The Bertz CT molecular complexity index is 1530. The number of aromatic nitrogens is 1. The molecule has 0 bridgehead atoms. The van der Waals surface area contributed by atoms with E-state index >= 15 is 0 Å². The summed E-state index contributed by atoms with van der Waals surface area (Å²) in [7, 11) is 1.33. The van der Waals surface area contributed by atoms with E-state index in [9.17, 15) is 19.2 Å². The lowest BCUT2D eigenvalue weighted by Gasteiger charge is -2.50. The van der Waals surface area contributed by atoms with E-state index in [0.29, 0.717) is 10.0 Å². The molecule has 3 heterocycles. The van der Waals surface area contributed by atoms with Crippen LogP contribution in [0.3, 0.4) is 0 Å². The van der Waals surface area contributed by atoms with Crippen molar-refractivity contribution in [3.8, 4) is 0 Å². The molecule has 2 amide bonds. The smallest absolute Gasteiger partial charge is 0.356 e. The van der Waals surface area contributed by atoms with Crippen LogP contribution < -0.4 is 11.1 Å². The number of hydrogen-bond acceptors (Lipinski definition) is 11. The third-order valence-corrected chi connectivity index (χ3v) is 9.17. The molecule has 0 radical (unpaired) electrons. The number of thioether (sulfide) groups is 1. The minimum Gasteiger partial charge on any atom is -0.448 e. The van der Waals surface area contributed by atoms with Crippen molar-refractivity contribution in [2.75, 3.05) is 18.6 Å². The van der Waals surface area contributed by atoms with Crippen LogP contribution >= 0.6 is 34.7 Å². The van der Waals surface area contributed by atoms with Crippen LogP contribution in [0.15, 0.2) is 71.9 Å². The summed E-state index contributed by atoms with van der Waals surface area (Å²) in [5.41, 5.74) is 7.58. The monoisotopic (exact) mass is 642 g/mol. The van der Waals surface area contributed by atoms with Gasteiger partial charge in [-0.2, -0.15) is 0 Å². The molecule has 0 spiro atoms. The number of halogens is 1. The number of anilines is 1. The molecule has 11 nitrogen and oxygen atoms in total. The fourth-order valence-corrected chi connectivity index (χ4v) is 7.09. The van der Waals surface area contributed by atoms with E-state index in [0.717, 1.165) is 22.5 Å². The zero-order valence-electron chi connectivity index (χ0n) is 23.0. The third-order valence-electron chi connectivity index (χ3n) is 6.70. The molecule has 3 aromatic rings. The summed E-state index contributed by atoms with van der Waals surface area (Å²) < 4.78 is 17.1. The van der Waals surface area contributed by atoms with Crippen LogP contribution in [0.25, 0.3) is 0 Å². The average Bonchev–Trinajstić information content (AvgIpc) is 3.32. The van der Waals surface area contributed by atoms with E-state index < -0.39 is 47.6 Å². The fourth-order valence-electron chi connectivity index (χ4n) is 4.81. The molecule has 43 heavy (non-hydrogen) atoms. The van der Waals surface area contributed by atoms with Crippen molar-refractivity contribution >= 4 is 63.6 Å². The molecular formula is C29H27ClN4O7S2. The Hall–Kier alpha value is -3.91. The van der Waals surface area contributed by atoms with Crippen molar-refractivity contribution in [3.05, 3.63) is 93.1 Å². The molecule has 1 unspecified atom stereocenters. The summed E-state index contributed by atoms with van der Waals surface area (Å²) in [4.78, 5) is 57.5. The van der Waals surface area contributed by atoms with E-state index in [-0.39, 0.29) is 28.6 Å². The first-order valence-electron chi connectivity index (χ1n) is 13.1. The molecule has 2 aliphatic heterocycles. The molecule has 1 aromatic heterocycles. The van der Waals surface area contributed by atoms with Crippen molar-refractivity contribution < 1.29 is 33.4 Å². The van der Waals surface area contributed by atoms with Gasteiger partial charge in [0.05, 0.1) is 12.1 Å². The lowest BCUT2D eigenvalue weighted by molar-refractivity contribution is -0.166. The number of rotatable bonds is 10. The van der Waals surface area contributed by atoms with Crippen LogP contribution in [-0.2, 0) is 39.8 Å². The number of thiazole rings is 1. The number of β-lactam (4-membered cyclic amide) rings is 1. The minimum absolute atomic E-state index is 0.0977. The Kier molecular flexibility index (Phi) is 9.35. The first kappa shape index (κ1) is 30.5. The number of ether oxygens (including phenoxy) is 3. The second-order valence-corrected chi connectivity index (χ2v) is 12.3. The molecular weight excluding hydrogens is 616 g/mol. The van der Waals surface area contributed by atoms with Crippen molar-refractivity contribution in [2.24, 2.45) is 0 Å². The van der Waals surface area contributed by atoms with E-state index in [4.69, 9.17) is 31.5 Å². The molecule has 5 rings (SSSR count). The highest BCUT2D eigenvalue weighted by atomic mass is 35.5. The van der Waals surface area contributed by atoms with Gasteiger partial charge in [-0.15, -0.1) is 11.8 Å². The highest BCUT2D eigenvalue weighted by Crippen LogP contribution is 2.43. The molecule has 0 aliphatic carbocycles. The van der Waals surface area contributed by atoms with Crippen molar-refractivity contribution in [1.29, 1.82) is 0 Å². The van der Waals surface area contributed by atoms with Gasteiger partial charge in [0.1, 0.15) is 21.4 Å². The number of benzene rings is 2. The van der Waals surface area contributed by atoms with Crippen LogP contribution in [-0.4, -0.2) is 64.2 Å². The highest BCUT2D eigenvalue weighted by Gasteiger charge is 2.55. The molecule has 3 N–H and O–H groups in total. The summed E-state index contributed by atoms with van der Waals surface area (Å²) >= 11 is 8.44. The Labute approximate surface area is 260 Å². The SMILES string of the molecule is COC(OC(C)=O)C1=C(C(=O)OC(c2ccccc2)c2ccccc2)N2C(=O)[C@H](NC(=O)Cc3nc(N)sc3Cl)[C@H]2SC1. The minimum atomic E-state index is -1.24.